The fourth-order valence-corrected chi connectivity index (χ4v) is 4.30. The molecule has 2 heterocycles. The Bertz CT molecular complexity index is 1020. The molecule has 0 amide bonds. The molecule has 0 spiro atoms. The summed E-state index contributed by atoms with van der Waals surface area (Å²) in [4.78, 5) is 19.1. The largest absolute Gasteiger partial charge is 0.513 e. The summed E-state index contributed by atoms with van der Waals surface area (Å²) in [6, 6.07) is 12.8. The van der Waals surface area contributed by atoms with Crippen LogP contribution in [0.2, 0.25) is 0 Å². The lowest BCUT2D eigenvalue weighted by Gasteiger charge is -2.19. The maximum absolute atomic E-state index is 11.9. The highest BCUT2D eigenvalue weighted by Crippen LogP contribution is 2.36. The van der Waals surface area contributed by atoms with Gasteiger partial charge in [-0.25, -0.2) is 4.79 Å². The molecule has 1 aromatic carbocycles. The van der Waals surface area contributed by atoms with Crippen molar-refractivity contribution in [3.05, 3.63) is 69.4 Å². The van der Waals surface area contributed by atoms with E-state index in [0.29, 0.717) is 12.2 Å². The van der Waals surface area contributed by atoms with Gasteiger partial charge in [0.05, 0.1) is 12.8 Å². The summed E-state index contributed by atoms with van der Waals surface area (Å²) in [5, 5.41) is 0. The molecule has 2 aromatic heterocycles. The predicted octanol–water partition coefficient (Wildman–Crippen LogP) is 6.59. The number of benzene rings is 1. The molecule has 0 bridgehead atoms. The summed E-state index contributed by atoms with van der Waals surface area (Å²) in [5.74, 6) is 0.777. The fraction of sp³-hybridized carbons (Fsp3) is 0.333. The second kappa shape index (κ2) is 8.78. The fourth-order valence-electron chi connectivity index (χ4n) is 3.27. The van der Waals surface area contributed by atoms with Crippen molar-refractivity contribution in [1.82, 2.24) is 4.98 Å². The number of pyridine rings is 1. The molecular formula is C24H27NO3S. The zero-order chi connectivity index (χ0) is 21.1. The summed E-state index contributed by atoms with van der Waals surface area (Å²) in [5.41, 5.74) is 6.09. The van der Waals surface area contributed by atoms with Crippen molar-refractivity contribution in [3.8, 4) is 16.2 Å². The van der Waals surface area contributed by atoms with Crippen LogP contribution in [0.1, 0.15) is 52.7 Å². The number of thiophene rings is 1. The first-order valence-electron chi connectivity index (χ1n) is 9.71. The lowest BCUT2D eigenvalue weighted by Crippen LogP contribution is -2.14. The van der Waals surface area contributed by atoms with Crippen molar-refractivity contribution >= 4 is 17.5 Å². The maximum atomic E-state index is 11.9. The Morgan fingerprint density at radius 1 is 1.07 bits per heavy atom. The van der Waals surface area contributed by atoms with Gasteiger partial charge in [-0.1, -0.05) is 43.7 Å². The number of ether oxygens (including phenoxy) is 2. The molecule has 3 rings (SSSR count). The average Bonchev–Trinajstić information content (AvgIpc) is 3.16. The molecule has 0 aliphatic rings. The standard InChI is InChI=1S/C24H27NO3S/c1-14(2)22-20(23(28-24(26)27-6)16(4)17(5)25-22)13-19-11-12-21(29-19)18-9-7-15(3)8-10-18/h7-12,14H,13H2,1-6H3. The summed E-state index contributed by atoms with van der Waals surface area (Å²) < 4.78 is 10.3. The highest BCUT2D eigenvalue weighted by atomic mass is 32.1. The highest BCUT2D eigenvalue weighted by Gasteiger charge is 2.22. The summed E-state index contributed by atoms with van der Waals surface area (Å²) in [6.07, 6.45) is -0.0500. The van der Waals surface area contributed by atoms with Gasteiger partial charge in [-0.3, -0.25) is 4.98 Å². The van der Waals surface area contributed by atoms with Gasteiger partial charge < -0.3 is 9.47 Å². The van der Waals surface area contributed by atoms with Crippen LogP contribution in [0, 0.1) is 20.8 Å². The maximum Gasteiger partial charge on any atom is 0.513 e. The van der Waals surface area contributed by atoms with E-state index in [1.165, 1.54) is 28.0 Å². The van der Waals surface area contributed by atoms with Gasteiger partial charge in [0.1, 0.15) is 5.75 Å². The predicted molar refractivity (Wildman–Crippen MR) is 118 cm³/mol. The Hall–Kier alpha value is -2.66. The molecule has 0 saturated carbocycles. The van der Waals surface area contributed by atoms with Gasteiger partial charge in [0.2, 0.25) is 0 Å². The second-order valence-corrected chi connectivity index (χ2v) is 8.70. The number of aryl methyl sites for hydroxylation is 2. The van der Waals surface area contributed by atoms with E-state index in [2.05, 4.69) is 57.2 Å². The van der Waals surface area contributed by atoms with Gasteiger partial charge in [-0.05, 0) is 44.4 Å². The van der Waals surface area contributed by atoms with E-state index in [0.717, 1.165) is 22.5 Å². The molecule has 0 N–H and O–H groups in total. The van der Waals surface area contributed by atoms with Crippen LogP contribution in [0.4, 0.5) is 4.79 Å². The van der Waals surface area contributed by atoms with E-state index in [9.17, 15) is 4.79 Å². The topological polar surface area (TPSA) is 48.4 Å². The number of hydrogen-bond acceptors (Lipinski definition) is 5. The molecule has 0 aliphatic carbocycles. The van der Waals surface area contributed by atoms with Crippen molar-refractivity contribution in [2.24, 2.45) is 0 Å². The molecule has 3 aromatic rings. The molecule has 0 aliphatic heterocycles. The summed E-state index contributed by atoms with van der Waals surface area (Å²) in [7, 11) is 1.32. The van der Waals surface area contributed by atoms with Crippen LogP contribution in [-0.4, -0.2) is 18.2 Å². The zero-order valence-corrected chi connectivity index (χ0v) is 18.6. The minimum atomic E-state index is -0.707. The van der Waals surface area contributed by atoms with E-state index in [-0.39, 0.29) is 5.92 Å². The van der Waals surface area contributed by atoms with Gasteiger partial charge in [0, 0.05) is 33.0 Å². The van der Waals surface area contributed by atoms with Crippen molar-refractivity contribution in [3.63, 3.8) is 0 Å². The van der Waals surface area contributed by atoms with Crippen LogP contribution in [0.15, 0.2) is 36.4 Å². The van der Waals surface area contributed by atoms with Crippen LogP contribution >= 0.6 is 11.3 Å². The normalized spacial score (nSPS) is 11.0. The number of methoxy groups -OCH3 is 1. The van der Waals surface area contributed by atoms with E-state index in [4.69, 9.17) is 14.5 Å². The minimum absolute atomic E-state index is 0.209. The first kappa shape index (κ1) is 21.1. The van der Waals surface area contributed by atoms with Gasteiger partial charge in [-0.2, -0.15) is 0 Å². The molecule has 4 nitrogen and oxygen atoms in total. The van der Waals surface area contributed by atoms with E-state index >= 15 is 0 Å². The van der Waals surface area contributed by atoms with Crippen LogP contribution < -0.4 is 4.74 Å². The monoisotopic (exact) mass is 409 g/mol. The number of aromatic nitrogens is 1. The Balaban J connectivity index is 2.02. The molecule has 0 fully saturated rings. The van der Waals surface area contributed by atoms with E-state index in [1.807, 2.05) is 13.8 Å². The van der Waals surface area contributed by atoms with Crippen LogP contribution in [0.5, 0.6) is 5.75 Å². The first-order chi connectivity index (χ1) is 13.8. The summed E-state index contributed by atoms with van der Waals surface area (Å²) >= 11 is 1.75. The molecule has 0 radical (unpaired) electrons. The number of carbonyl (C=O) groups excluding carboxylic acids is 1. The van der Waals surface area contributed by atoms with Gasteiger partial charge in [-0.15, -0.1) is 11.3 Å². The van der Waals surface area contributed by atoms with Gasteiger partial charge in [0.15, 0.2) is 0 Å². The lowest BCUT2D eigenvalue weighted by molar-refractivity contribution is 0.120. The SMILES string of the molecule is COC(=O)Oc1c(C)c(C)nc(C(C)C)c1Cc1ccc(-c2ccc(C)cc2)s1. The molecule has 5 heteroatoms. The summed E-state index contributed by atoms with van der Waals surface area (Å²) in [6.45, 7) is 10.2. The van der Waals surface area contributed by atoms with E-state index in [1.54, 1.807) is 11.3 Å². The molecule has 0 saturated heterocycles. The Morgan fingerprint density at radius 3 is 2.38 bits per heavy atom. The molecule has 0 atom stereocenters. The minimum Gasteiger partial charge on any atom is -0.437 e. The third-order valence-corrected chi connectivity index (χ3v) is 6.14. The third-order valence-electron chi connectivity index (χ3n) is 5.00. The van der Waals surface area contributed by atoms with Crippen molar-refractivity contribution in [2.75, 3.05) is 7.11 Å². The number of rotatable bonds is 5. The van der Waals surface area contributed by atoms with Gasteiger partial charge >= 0.3 is 6.16 Å². The third kappa shape index (κ3) is 4.67. The first-order valence-corrected chi connectivity index (χ1v) is 10.5. The van der Waals surface area contributed by atoms with Crippen LogP contribution in [0.25, 0.3) is 10.4 Å². The van der Waals surface area contributed by atoms with Crippen LogP contribution in [-0.2, 0) is 11.2 Å². The highest BCUT2D eigenvalue weighted by molar-refractivity contribution is 7.15. The average molecular weight is 410 g/mol. The Morgan fingerprint density at radius 2 is 1.76 bits per heavy atom. The Kier molecular flexibility index (Phi) is 6.38. The number of hydrogen-bond donors (Lipinski definition) is 0. The molecule has 29 heavy (non-hydrogen) atoms. The Labute approximate surface area is 176 Å². The number of carbonyl (C=O) groups is 1. The number of nitrogens with zero attached hydrogens (tertiary/aromatic N) is 1. The van der Waals surface area contributed by atoms with Crippen molar-refractivity contribution in [2.45, 2.75) is 47.0 Å². The van der Waals surface area contributed by atoms with Crippen molar-refractivity contribution < 1.29 is 14.3 Å². The van der Waals surface area contributed by atoms with Gasteiger partial charge in [0.25, 0.3) is 0 Å². The quantitative estimate of drug-likeness (QED) is 0.446. The smallest absolute Gasteiger partial charge is 0.437 e. The zero-order valence-electron chi connectivity index (χ0n) is 17.8. The van der Waals surface area contributed by atoms with Crippen molar-refractivity contribution in [1.29, 1.82) is 0 Å². The second-order valence-electron chi connectivity index (χ2n) is 7.53. The van der Waals surface area contributed by atoms with Crippen LogP contribution in [0.3, 0.4) is 0 Å². The van der Waals surface area contributed by atoms with E-state index < -0.39 is 6.16 Å². The molecular weight excluding hydrogens is 382 g/mol. The molecule has 0 unspecified atom stereocenters. The lowest BCUT2D eigenvalue weighted by atomic mass is 9.96. The molecule has 152 valence electrons.